The summed E-state index contributed by atoms with van der Waals surface area (Å²) in [6.07, 6.45) is 4.12. The fourth-order valence-electron chi connectivity index (χ4n) is 2.50. The van der Waals surface area contributed by atoms with E-state index in [1.807, 2.05) is 54.6 Å². The average molecular weight is 348 g/mol. The van der Waals surface area contributed by atoms with Crippen molar-refractivity contribution in [1.82, 2.24) is 0 Å². The fourth-order valence-corrected chi connectivity index (χ4v) is 3.44. The van der Waals surface area contributed by atoms with Crippen molar-refractivity contribution in [3.05, 3.63) is 76.3 Å². The quantitative estimate of drug-likeness (QED) is 0.715. The molecule has 0 radical (unpaired) electrons. The summed E-state index contributed by atoms with van der Waals surface area (Å²) in [6.45, 7) is 0. The van der Waals surface area contributed by atoms with E-state index in [2.05, 4.69) is 15.9 Å². The number of fused-ring (bicyclic) bond motifs is 1. The SMILES string of the molecule is O=C1C=Cc2ccccc2C1(Br)Cc1ccc(Cl)cc1. The smallest absolute Gasteiger partial charge is 0.177 e. The van der Waals surface area contributed by atoms with Gasteiger partial charge in [-0.15, -0.1) is 0 Å². The number of rotatable bonds is 2. The molecule has 2 aromatic rings. The minimum absolute atomic E-state index is 0.0751. The highest BCUT2D eigenvalue weighted by Gasteiger charge is 2.39. The molecule has 100 valence electrons. The minimum atomic E-state index is -0.688. The summed E-state index contributed by atoms with van der Waals surface area (Å²) in [5.74, 6) is 0.0751. The van der Waals surface area contributed by atoms with Crippen LogP contribution in [0.3, 0.4) is 0 Å². The van der Waals surface area contributed by atoms with Gasteiger partial charge in [0.1, 0.15) is 4.32 Å². The van der Waals surface area contributed by atoms with Crippen molar-refractivity contribution >= 4 is 39.4 Å². The lowest BCUT2D eigenvalue weighted by atomic mass is 9.82. The van der Waals surface area contributed by atoms with Gasteiger partial charge in [-0.3, -0.25) is 4.79 Å². The molecule has 2 aromatic carbocycles. The van der Waals surface area contributed by atoms with Crippen LogP contribution in [0.15, 0.2) is 54.6 Å². The third kappa shape index (κ3) is 2.34. The molecular weight excluding hydrogens is 336 g/mol. The van der Waals surface area contributed by atoms with E-state index >= 15 is 0 Å². The summed E-state index contributed by atoms with van der Waals surface area (Å²) in [4.78, 5) is 12.4. The van der Waals surface area contributed by atoms with Crippen LogP contribution >= 0.6 is 27.5 Å². The van der Waals surface area contributed by atoms with Crippen molar-refractivity contribution in [2.75, 3.05) is 0 Å². The Morgan fingerprint density at radius 2 is 1.70 bits per heavy atom. The summed E-state index contributed by atoms with van der Waals surface area (Å²) >= 11 is 9.59. The van der Waals surface area contributed by atoms with Gasteiger partial charge in [0, 0.05) is 5.02 Å². The molecule has 0 fully saturated rings. The number of halogens is 2. The van der Waals surface area contributed by atoms with Crippen LogP contribution in [0.1, 0.15) is 16.7 Å². The van der Waals surface area contributed by atoms with Gasteiger partial charge in [-0.1, -0.05) is 70.0 Å². The van der Waals surface area contributed by atoms with E-state index in [1.54, 1.807) is 6.08 Å². The van der Waals surface area contributed by atoms with Gasteiger partial charge in [-0.05, 0) is 41.3 Å². The number of ketones is 1. The maximum absolute atomic E-state index is 12.4. The monoisotopic (exact) mass is 346 g/mol. The summed E-state index contributed by atoms with van der Waals surface area (Å²) in [7, 11) is 0. The molecule has 0 spiro atoms. The zero-order valence-corrected chi connectivity index (χ0v) is 13.0. The Labute approximate surface area is 131 Å². The molecule has 0 N–H and O–H groups in total. The van der Waals surface area contributed by atoms with Gasteiger partial charge in [0.25, 0.3) is 0 Å². The number of allylic oxidation sites excluding steroid dienone is 1. The molecule has 1 unspecified atom stereocenters. The number of carbonyl (C=O) groups excluding carboxylic acids is 1. The molecular formula is C17H12BrClO. The van der Waals surface area contributed by atoms with E-state index in [0.717, 1.165) is 16.7 Å². The zero-order chi connectivity index (χ0) is 14.2. The van der Waals surface area contributed by atoms with Gasteiger partial charge in [-0.2, -0.15) is 0 Å². The average Bonchev–Trinajstić information content (AvgIpc) is 2.46. The molecule has 0 aliphatic heterocycles. The highest BCUT2D eigenvalue weighted by Crippen LogP contribution is 2.41. The van der Waals surface area contributed by atoms with Crippen molar-refractivity contribution in [3.63, 3.8) is 0 Å². The molecule has 3 heteroatoms. The van der Waals surface area contributed by atoms with Crippen LogP contribution in [0.5, 0.6) is 0 Å². The summed E-state index contributed by atoms with van der Waals surface area (Å²) < 4.78 is -0.688. The highest BCUT2D eigenvalue weighted by atomic mass is 79.9. The molecule has 0 aromatic heterocycles. The Morgan fingerprint density at radius 3 is 2.45 bits per heavy atom. The van der Waals surface area contributed by atoms with Crippen molar-refractivity contribution in [3.8, 4) is 0 Å². The van der Waals surface area contributed by atoms with Crippen LogP contribution in [0.4, 0.5) is 0 Å². The maximum Gasteiger partial charge on any atom is 0.177 e. The summed E-state index contributed by atoms with van der Waals surface area (Å²) in [5, 5.41) is 0.702. The second-order valence-corrected chi connectivity index (χ2v) is 6.68. The molecule has 0 amide bonds. The minimum Gasteiger partial charge on any atom is -0.293 e. The molecule has 0 bridgehead atoms. The standard InChI is InChI=1S/C17H12BrClO/c18-17(11-12-5-8-14(19)9-6-12)15-4-2-1-3-13(15)7-10-16(17)20/h1-10H,11H2. The van der Waals surface area contributed by atoms with Gasteiger partial charge in [0.05, 0.1) is 0 Å². The van der Waals surface area contributed by atoms with Crippen molar-refractivity contribution < 1.29 is 4.79 Å². The normalized spacial score (nSPS) is 20.8. The zero-order valence-electron chi connectivity index (χ0n) is 10.6. The maximum atomic E-state index is 12.4. The van der Waals surface area contributed by atoms with Gasteiger partial charge in [-0.25, -0.2) is 0 Å². The molecule has 1 nitrogen and oxygen atoms in total. The van der Waals surface area contributed by atoms with E-state index in [1.165, 1.54) is 0 Å². The van der Waals surface area contributed by atoms with Crippen LogP contribution in [0.2, 0.25) is 5.02 Å². The lowest BCUT2D eigenvalue weighted by molar-refractivity contribution is -0.116. The van der Waals surface area contributed by atoms with Gasteiger partial charge >= 0.3 is 0 Å². The first-order valence-electron chi connectivity index (χ1n) is 6.35. The van der Waals surface area contributed by atoms with Crippen LogP contribution < -0.4 is 0 Å². The predicted molar refractivity (Wildman–Crippen MR) is 86.2 cm³/mol. The van der Waals surface area contributed by atoms with Crippen LogP contribution in [0, 0.1) is 0 Å². The highest BCUT2D eigenvalue weighted by molar-refractivity contribution is 9.10. The van der Waals surface area contributed by atoms with E-state index in [4.69, 9.17) is 11.6 Å². The van der Waals surface area contributed by atoms with Gasteiger partial charge < -0.3 is 0 Å². The lowest BCUT2D eigenvalue weighted by Crippen LogP contribution is -2.33. The summed E-state index contributed by atoms with van der Waals surface area (Å²) in [5.41, 5.74) is 3.17. The Bertz CT molecular complexity index is 690. The lowest BCUT2D eigenvalue weighted by Gasteiger charge is -2.30. The Balaban J connectivity index is 2.04. The van der Waals surface area contributed by atoms with Crippen molar-refractivity contribution in [2.24, 2.45) is 0 Å². The van der Waals surface area contributed by atoms with Gasteiger partial charge in [0.2, 0.25) is 0 Å². The number of carbonyl (C=O) groups is 1. The Morgan fingerprint density at radius 1 is 1.00 bits per heavy atom. The molecule has 3 rings (SSSR count). The fraction of sp³-hybridized carbons (Fsp3) is 0.118. The summed E-state index contributed by atoms with van der Waals surface area (Å²) in [6, 6.07) is 15.6. The molecule has 1 atom stereocenters. The number of hydrogen-bond donors (Lipinski definition) is 0. The number of benzene rings is 2. The number of hydrogen-bond acceptors (Lipinski definition) is 1. The van der Waals surface area contributed by atoms with Gasteiger partial charge in [0.15, 0.2) is 5.78 Å². The van der Waals surface area contributed by atoms with E-state index < -0.39 is 4.32 Å². The van der Waals surface area contributed by atoms with E-state index in [-0.39, 0.29) is 5.78 Å². The largest absolute Gasteiger partial charge is 0.293 e. The second kappa shape index (κ2) is 5.19. The first kappa shape index (κ1) is 13.6. The molecule has 0 saturated heterocycles. The number of alkyl halides is 1. The molecule has 20 heavy (non-hydrogen) atoms. The molecule has 0 heterocycles. The molecule has 1 aliphatic rings. The van der Waals surface area contributed by atoms with Crippen molar-refractivity contribution in [1.29, 1.82) is 0 Å². The first-order chi connectivity index (χ1) is 9.59. The third-order valence-electron chi connectivity index (χ3n) is 3.55. The topological polar surface area (TPSA) is 17.1 Å². The molecule has 1 aliphatic carbocycles. The Hall–Kier alpha value is -1.38. The van der Waals surface area contributed by atoms with E-state index in [9.17, 15) is 4.79 Å². The van der Waals surface area contributed by atoms with E-state index in [0.29, 0.717) is 11.4 Å². The van der Waals surface area contributed by atoms with Crippen molar-refractivity contribution in [2.45, 2.75) is 10.7 Å². The molecule has 0 saturated carbocycles. The predicted octanol–water partition coefficient (Wildman–Crippen LogP) is 4.77. The third-order valence-corrected chi connectivity index (χ3v) is 4.90. The van der Waals surface area contributed by atoms with Crippen LogP contribution in [0.25, 0.3) is 6.08 Å². The second-order valence-electron chi connectivity index (χ2n) is 4.89. The van der Waals surface area contributed by atoms with Crippen LogP contribution in [-0.4, -0.2) is 5.78 Å². The van der Waals surface area contributed by atoms with Crippen LogP contribution in [-0.2, 0) is 15.5 Å². The first-order valence-corrected chi connectivity index (χ1v) is 7.52. The Kier molecular flexibility index (Phi) is 3.53.